The van der Waals surface area contributed by atoms with Crippen molar-refractivity contribution < 1.29 is 18.6 Å². The van der Waals surface area contributed by atoms with Crippen molar-refractivity contribution in [3.8, 4) is 0 Å². The predicted molar refractivity (Wildman–Crippen MR) is 65.2 cm³/mol. The summed E-state index contributed by atoms with van der Waals surface area (Å²) in [4.78, 5) is 0. The lowest BCUT2D eigenvalue weighted by Gasteiger charge is -2.27. The first kappa shape index (κ1) is 15.0. The van der Waals surface area contributed by atoms with Crippen LogP contribution in [-0.4, -0.2) is 31.0 Å². The van der Waals surface area contributed by atoms with Crippen LogP contribution in [0.15, 0.2) is 18.2 Å². The molecule has 5 heteroatoms. The number of aliphatic hydroxyl groups is 1. The van der Waals surface area contributed by atoms with Gasteiger partial charge in [0.25, 0.3) is 0 Å². The summed E-state index contributed by atoms with van der Waals surface area (Å²) in [7, 11) is 1.44. The molecule has 0 fully saturated rings. The van der Waals surface area contributed by atoms with Gasteiger partial charge in [0.15, 0.2) is 0 Å². The third-order valence-electron chi connectivity index (χ3n) is 2.83. The van der Waals surface area contributed by atoms with Crippen molar-refractivity contribution in [3.63, 3.8) is 0 Å². The van der Waals surface area contributed by atoms with Gasteiger partial charge in [0.2, 0.25) is 0 Å². The van der Waals surface area contributed by atoms with Gasteiger partial charge in [-0.1, -0.05) is 6.07 Å². The number of rotatable bonds is 7. The van der Waals surface area contributed by atoms with Crippen LogP contribution >= 0.6 is 0 Å². The Hall–Kier alpha value is -1.04. The molecule has 1 rings (SSSR count). The molecule has 1 atom stereocenters. The van der Waals surface area contributed by atoms with Crippen molar-refractivity contribution in [2.24, 2.45) is 5.73 Å². The van der Waals surface area contributed by atoms with Crippen LogP contribution in [0.2, 0.25) is 0 Å². The molecule has 0 saturated heterocycles. The molecule has 3 N–H and O–H groups in total. The number of benzene rings is 1. The number of ether oxygens (including phenoxy) is 1. The molecule has 0 amide bonds. The van der Waals surface area contributed by atoms with E-state index in [1.807, 2.05) is 0 Å². The largest absolute Gasteiger partial charge is 0.387 e. The highest BCUT2D eigenvalue weighted by Crippen LogP contribution is 2.23. The molecule has 0 heterocycles. The summed E-state index contributed by atoms with van der Waals surface area (Å²) in [6, 6.07) is 3.65. The molecule has 0 aliphatic carbocycles. The Morgan fingerprint density at radius 1 is 1.33 bits per heavy atom. The standard InChI is InChI=1S/C13H19F2NO2/c1-18-9-13(17,6-3-7-16)8-10-11(14)4-2-5-12(10)15/h2,4-5,17H,3,6-9,16H2,1H3. The monoisotopic (exact) mass is 259 g/mol. The summed E-state index contributed by atoms with van der Waals surface area (Å²) in [5.74, 6) is -1.31. The lowest BCUT2D eigenvalue weighted by Crippen LogP contribution is -2.38. The van der Waals surface area contributed by atoms with Crippen LogP contribution in [0, 0.1) is 11.6 Å². The molecule has 1 aromatic carbocycles. The van der Waals surface area contributed by atoms with E-state index in [9.17, 15) is 13.9 Å². The summed E-state index contributed by atoms with van der Waals surface area (Å²) in [6.07, 6.45) is 0.778. The number of hydrogen-bond acceptors (Lipinski definition) is 3. The highest BCUT2D eigenvalue weighted by molar-refractivity contribution is 5.21. The molecular weight excluding hydrogens is 240 g/mol. The molecule has 0 aliphatic heterocycles. The molecular formula is C13H19F2NO2. The van der Waals surface area contributed by atoms with E-state index in [-0.39, 0.29) is 18.6 Å². The minimum absolute atomic E-state index is 0.0147. The minimum Gasteiger partial charge on any atom is -0.387 e. The second-order valence-corrected chi connectivity index (χ2v) is 4.43. The van der Waals surface area contributed by atoms with E-state index < -0.39 is 17.2 Å². The van der Waals surface area contributed by atoms with E-state index in [2.05, 4.69) is 0 Å². The van der Waals surface area contributed by atoms with Gasteiger partial charge in [0, 0.05) is 19.1 Å². The molecule has 0 aromatic heterocycles. The van der Waals surface area contributed by atoms with Gasteiger partial charge < -0.3 is 15.6 Å². The second-order valence-electron chi connectivity index (χ2n) is 4.43. The predicted octanol–water partition coefficient (Wildman–Crippen LogP) is 1.62. The Morgan fingerprint density at radius 2 is 1.94 bits per heavy atom. The molecule has 3 nitrogen and oxygen atoms in total. The quantitative estimate of drug-likeness (QED) is 0.782. The van der Waals surface area contributed by atoms with Gasteiger partial charge in [-0.3, -0.25) is 0 Å². The molecule has 0 radical (unpaired) electrons. The fourth-order valence-electron chi connectivity index (χ4n) is 1.94. The van der Waals surface area contributed by atoms with Crippen LogP contribution in [0.4, 0.5) is 8.78 Å². The van der Waals surface area contributed by atoms with Gasteiger partial charge in [-0.25, -0.2) is 8.78 Å². The summed E-state index contributed by atoms with van der Waals surface area (Å²) in [5.41, 5.74) is 3.97. The average molecular weight is 259 g/mol. The van der Waals surface area contributed by atoms with Gasteiger partial charge in [-0.05, 0) is 31.5 Å². The zero-order valence-corrected chi connectivity index (χ0v) is 10.5. The number of nitrogens with two attached hydrogens (primary N) is 1. The number of methoxy groups -OCH3 is 1. The Morgan fingerprint density at radius 3 is 2.44 bits per heavy atom. The summed E-state index contributed by atoms with van der Waals surface area (Å²) >= 11 is 0. The Bertz CT molecular complexity index is 367. The number of hydrogen-bond donors (Lipinski definition) is 2. The van der Waals surface area contributed by atoms with E-state index in [1.54, 1.807) is 0 Å². The lowest BCUT2D eigenvalue weighted by molar-refractivity contribution is -0.0385. The van der Waals surface area contributed by atoms with Gasteiger partial charge in [0.1, 0.15) is 11.6 Å². The van der Waals surface area contributed by atoms with Crippen LogP contribution < -0.4 is 5.73 Å². The molecule has 1 unspecified atom stereocenters. The molecule has 0 aliphatic rings. The highest BCUT2D eigenvalue weighted by Gasteiger charge is 2.29. The van der Waals surface area contributed by atoms with Crippen molar-refractivity contribution in [2.75, 3.05) is 20.3 Å². The van der Waals surface area contributed by atoms with Crippen molar-refractivity contribution >= 4 is 0 Å². The van der Waals surface area contributed by atoms with Crippen LogP contribution in [0.3, 0.4) is 0 Å². The molecule has 0 saturated carbocycles. The zero-order valence-electron chi connectivity index (χ0n) is 10.5. The van der Waals surface area contributed by atoms with Crippen molar-refractivity contribution in [2.45, 2.75) is 24.9 Å². The van der Waals surface area contributed by atoms with Crippen LogP contribution in [-0.2, 0) is 11.2 Å². The smallest absolute Gasteiger partial charge is 0.129 e. The van der Waals surface area contributed by atoms with E-state index in [0.29, 0.717) is 19.4 Å². The van der Waals surface area contributed by atoms with Crippen LogP contribution in [0.25, 0.3) is 0 Å². The second kappa shape index (κ2) is 6.78. The minimum atomic E-state index is -1.29. The van der Waals surface area contributed by atoms with Crippen molar-refractivity contribution in [1.29, 1.82) is 0 Å². The van der Waals surface area contributed by atoms with Gasteiger partial charge >= 0.3 is 0 Å². The highest BCUT2D eigenvalue weighted by atomic mass is 19.1. The Kier molecular flexibility index (Phi) is 5.65. The van der Waals surface area contributed by atoms with Crippen molar-refractivity contribution in [3.05, 3.63) is 35.4 Å². The fourth-order valence-corrected chi connectivity index (χ4v) is 1.94. The first-order chi connectivity index (χ1) is 8.52. The van der Waals surface area contributed by atoms with Gasteiger partial charge in [-0.15, -0.1) is 0 Å². The van der Waals surface area contributed by atoms with Crippen LogP contribution in [0.5, 0.6) is 0 Å². The molecule has 102 valence electrons. The zero-order chi connectivity index (χ0) is 13.6. The molecule has 0 spiro atoms. The van der Waals surface area contributed by atoms with E-state index in [1.165, 1.54) is 25.3 Å². The topological polar surface area (TPSA) is 55.5 Å². The Balaban J connectivity index is 2.88. The maximum atomic E-state index is 13.5. The van der Waals surface area contributed by atoms with E-state index in [4.69, 9.17) is 10.5 Å². The van der Waals surface area contributed by atoms with E-state index >= 15 is 0 Å². The summed E-state index contributed by atoms with van der Waals surface area (Å²) < 4.78 is 32.0. The SMILES string of the molecule is COCC(O)(CCCN)Cc1c(F)cccc1F. The maximum Gasteiger partial charge on any atom is 0.129 e. The molecule has 1 aromatic rings. The van der Waals surface area contributed by atoms with E-state index in [0.717, 1.165) is 0 Å². The van der Waals surface area contributed by atoms with Crippen molar-refractivity contribution in [1.82, 2.24) is 0 Å². The van der Waals surface area contributed by atoms with Gasteiger partial charge in [-0.2, -0.15) is 0 Å². The average Bonchev–Trinajstić information content (AvgIpc) is 2.32. The van der Waals surface area contributed by atoms with Crippen LogP contribution in [0.1, 0.15) is 18.4 Å². The molecule has 18 heavy (non-hydrogen) atoms. The summed E-state index contributed by atoms with van der Waals surface area (Å²) in [6.45, 7) is 0.423. The normalized spacial score (nSPS) is 14.5. The Labute approximate surface area is 106 Å². The molecule has 0 bridgehead atoms. The first-order valence-electron chi connectivity index (χ1n) is 5.86. The lowest BCUT2D eigenvalue weighted by atomic mass is 9.90. The summed E-state index contributed by atoms with van der Waals surface area (Å²) in [5, 5.41) is 10.3. The fraction of sp³-hybridized carbons (Fsp3) is 0.538. The first-order valence-corrected chi connectivity index (χ1v) is 5.86. The third kappa shape index (κ3) is 4.01. The van der Waals surface area contributed by atoms with Gasteiger partial charge in [0.05, 0.1) is 12.2 Å². The number of halogens is 2. The maximum absolute atomic E-state index is 13.5. The third-order valence-corrected chi connectivity index (χ3v) is 2.83.